The van der Waals surface area contributed by atoms with E-state index in [2.05, 4.69) is 9.97 Å². The van der Waals surface area contributed by atoms with Crippen LogP contribution in [0.1, 0.15) is 17.5 Å². The summed E-state index contributed by atoms with van der Waals surface area (Å²) in [5.41, 5.74) is 1.86. The lowest BCUT2D eigenvalue weighted by atomic mass is 10.2. The Hall–Kier alpha value is -1.75. The highest BCUT2D eigenvalue weighted by Crippen LogP contribution is 2.28. The van der Waals surface area contributed by atoms with Gasteiger partial charge in [-0.3, -0.25) is 9.78 Å². The average Bonchev–Trinajstić information content (AvgIpc) is 2.72. The van der Waals surface area contributed by atoms with E-state index in [1.165, 1.54) is 11.3 Å². The zero-order valence-corrected chi connectivity index (χ0v) is 10.2. The zero-order valence-electron chi connectivity index (χ0n) is 9.38. The van der Waals surface area contributed by atoms with Crippen molar-refractivity contribution in [1.29, 1.82) is 0 Å². The van der Waals surface area contributed by atoms with Gasteiger partial charge in [-0.1, -0.05) is 6.92 Å². The van der Waals surface area contributed by atoms with Crippen LogP contribution in [-0.4, -0.2) is 21.0 Å². The van der Waals surface area contributed by atoms with Crippen LogP contribution in [0.4, 0.5) is 0 Å². The molecular formula is C12H12N2O2S. The molecule has 0 fully saturated rings. The van der Waals surface area contributed by atoms with E-state index in [9.17, 15) is 4.79 Å². The molecular weight excluding hydrogens is 236 g/mol. The fourth-order valence-corrected chi connectivity index (χ4v) is 2.70. The standard InChI is InChI=1S/C12H12N2O2S/c1-2-9-10(7-11(15)16)17-12(14-9)8-3-5-13-6-4-8/h3-6H,2,7H2,1H3,(H,15,16). The highest BCUT2D eigenvalue weighted by molar-refractivity contribution is 7.15. The van der Waals surface area contributed by atoms with Crippen LogP contribution < -0.4 is 0 Å². The molecule has 0 bridgehead atoms. The van der Waals surface area contributed by atoms with Gasteiger partial charge in [-0.2, -0.15) is 0 Å². The molecule has 0 spiro atoms. The van der Waals surface area contributed by atoms with Crippen LogP contribution in [0.3, 0.4) is 0 Å². The second kappa shape index (κ2) is 5.05. The molecule has 88 valence electrons. The molecule has 0 atom stereocenters. The number of thiazole rings is 1. The van der Waals surface area contributed by atoms with Crippen molar-refractivity contribution in [3.8, 4) is 10.6 Å². The summed E-state index contributed by atoms with van der Waals surface area (Å²) in [6.45, 7) is 1.98. The maximum atomic E-state index is 10.8. The number of hydrogen-bond acceptors (Lipinski definition) is 4. The highest BCUT2D eigenvalue weighted by Gasteiger charge is 2.13. The smallest absolute Gasteiger partial charge is 0.308 e. The van der Waals surface area contributed by atoms with Crippen molar-refractivity contribution in [1.82, 2.24) is 9.97 Å². The lowest BCUT2D eigenvalue weighted by molar-refractivity contribution is -0.136. The van der Waals surface area contributed by atoms with E-state index in [1.807, 2.05) is 19.1 Å². The minimum absolute atomic E-state index is 0.0475. The van der Waals surface area contributed by atoms with Gasteiger partial charge in [-0.25, -0.2) is 4.98 Å². The maximum absolute atomic E-state index is 10.8. The van der Waals surface area contributed by atoms with E-state index in [4.69, 9.17) is 5.11 Å². The molecule has 0 aliphatic rings. The molecule has 2 aromatic heterocycles. The number of rotatable bonds is 4. The first-order chi connectivity index (χ1) is 8.20. The molecule has 2 heterocycles. The number of carbonyl (C=O) groups is 1. The zero-order chi connectivity index (χ0) is 12.3. The SMILES string of the molecule is CCc1nc(-c2ccncc2)sc1CC(=O)O. The first kappa shape index (κ1) is 11.7. The van der Waals surface area contributed by atoms with Crippen LogP contribution >= 0.6 is 11.3 Å². The van der Waals surface area contributed by atoms with Gasteiger partial charge in [0.25, 0.3) is 0 Å². The third-order valence-corrected chi connectivity index (χ3v) is 3.50. The molecule has 0 radical (unpaired) electrons. The Morgan fingerprint density at radius 3 is 2.71 bits per heavy atom. The number of carboxylic acids is 1. The minimum atomic E-state index is -0.815. The number of aryl methyl sites for hydroxylation is 1. The van der Waals surface area contributed by atoms with Crippen LogP contribution in [0, 0.1) is 0 Å². The van der Waals surface area contributed by atoms with E-state index in [1.54, 1.807) is 12.4 Å². The van der Waals surface area contributed by atoms with Gasteiger partial charge in [0, 0.05) is 22.8 Å². The number of nitrogens with zero attached hydrogens (tertiary/aromatic N) is 2. The van der Waals surface area contributed by atoms with Crippen molar-refractivity contribution in [3.05, 3.63) is 35.1 Å². The molecule has 2 rings (SSSR count). The largest absolute Gasteiger partial charge is 0.481 e. The summed E-state index contributed by atoms with van der Waals surface area (Å²) >= 11 is 1.45. The Kier molecular flexibility index (Phi) is 3.49. The quantitative estimate of drug-likeness (QED) is 0.902. The van der Waals surface area contributed by atoms with E-state index in [0.29, 0.717) is 0 Å². The van der Waals surface area contributed by atoms with Gasteiger partial charge in [0.15, 0.2) is 0 Å². The molecule has 0 unspecified atom stereocenters. The molecule has 0 aromatic carbocycles. The average molecular weight is 248 g/mol. The van der Waals surface area contributed by atoms with Crippen LogP contribution in [0.2, 0.25) is 0 Å². The van der Waals surface area contributed by atoms with E-state index in [0.717, 1.165) is 27.6 Å². The van der Waals surface area contributed by atoms with Crippen LogP contribution in [0.25, 0.3) is 10.6 Å². The lowest BCUT2D eigenvalue weighted by Gasteiger charge is -1.93. The number of carboxylic acid groups (broad SMARTS) is 1. The van der Waals surface area contributed by atoms with Crippen molar-refractivity contribution in [2.75, 3.05) is 0 Å². The van der Waals surface area contributed by atoms with Crippen molar-refractivity contribution in [3.63, 3.8) is 0 Å². The van der Waals surface area contributed by atoms with Gasteiger partial charge in [-0.15, -0.1) is 11.3 Å². The molecule has 0 saturated heterocycles. The fourth-order valence-electron chi connectivity index (χ4n) is 1.55. The van der Waals surface area contributed by atoms with Crippen molar-refractivity contribution in [2.24, 2.45) is 0 Å². The van der Waals surface area contributed by atoms with Crippen molar-refractivity contribution >= 4 is 17.3 Å². The Labute approximate surface area is 103 Å². The van der Waals surface area contributed by atoms with Crippen LogP contribution in [0.5, 0.6) is 0 Å². The van der Waals surface area contributed by atoms with Crippen LogP contribution in [0.15, 0.2) is 24.5 Å². The summed E-state index contributed by atoms with van der Waals surface area (Å²) < 4.78 is 0. The van der Waals surface area contributed by atoms with Crippen LogP contribution in [-0.2, 0) is 17.6 Å². The molecule has 4 nitrogen and oxygen atoms in total. The molecule has 0 saturated carbocycles. The Balaban J connectivity index is 2.37. The normalized spacial score (nSPS) is 10.4. The van der Waals surface area contributed by atoms with Gasteiger partial charge in [0.2, 0.25) is 0 Å². The molecule has 2 aromatic rings. The summed E-state index contributed by atoms with van der Waals surface area (Å²) in [6.07, 6.45) is 4.22. The summed E-state index contributed by atoms with van der Waals surface area (Å²) in [5, 5.41) is 9.70. The summed E-state index contributed by atoms with van der Waals surface area (Å²) in [4.78, 5) is 20.0. The maximum Gasteiger partial charge on any atom is 0.308 e. The minimum Gasteiger partial charge on any atom is -0.481 e. The van der Waals surface area contributed by atoms with E-state index >= 15 is 0 Å². The highest BCUT2D eigenvalue weighted by atomic mass is 32.1. The van der Waals surface area contributed by atoms with Gasteiger partial charge in [0.1, 0.15) is 5.01 Å². The summed E-state index contributed by atoms with van der Waals surface area (Å²) in [5.74, 6) is -0.815. The number of hydrogen-bond donors (Lipinski definition) is 1. The predicted octanol–water partition coefficient (Wildman–Crippen LogP) is 2.39. The molecule has 0 amide bonds. The molecule has 17 heavy (non-hydrogen) atoms. The third kappa shape index (κ3) is 2.68. The van der Waals surface area contributed by atoms with E-state index in [-0.39, 0.29) is 6.42 Å². The number of aromatic nitrogens is 2. The van der Waals surface area contributed by atoms with Gasteiger partial charge in [-0.05, 0) is 18.6 Å². The summed E-state index contributed by atoms with van der Waals surface area (Å²) in [7, 11) is 0. The van der Waals surface area contributed by atoms with Gasteiger partial charge in [0.05, 0.1) is 12.1 Å². The monoisotopic (exact) mass is 248 g/mol. The molecule has 1 N–H and O–H groups in total. The first-order valence-electron chi connectivity index (χ1n) is 5.31. The van der Waals surface area contributed by atoms with Crippen molar-refractivity contribution in [2.45, 2.75) is 19.8 Å². The predicted molar refractivity (Wildman–Crippen MR) is 66.1 cm³/mol. The topological polar surface area (TPSA) is 63.1 Å². The molecule has 0 aliphatic heterocycles. The Morgan fingerprint density at radius 2 is 2.12 bits per heavy atom. The molecule has 5 heteroatoms. The first-order valence-corrected chi connectivity index (χ1v) is 6.13. The second-order valence-corrected chi connectivity index (χ2v) is 4.63. The number of aliphatic carboxylic acids is 1. The second-order valence-electron chi connectivity index (χ2n) is 3.55. The van der Waals surface area contributed by atoms with Gasteiger partial charge < -0.3 is 5.11 Å². The third-order valence-electron chi connectivity index (χ3n) is 2.35. The Bertz CT molecular complexity index is 523. The fraction of sp³-hybridized carbons (Fsp3) is 0.250. The number of pyridine rings is 1. The summed E-state index contributed by atoms with van der Waals surface area (Å²) in [6, 6.07) is 3.76. The van der Waals surface area contributed by atoms with E-state index < -0.39 is 5.97 Å². The Morgan fingerprint density at radius 1 is 1.41 bits per heavy atom. The van der Waals surface area contributed by atoms with Gasteiger partial charge >= 0.3 is 5.97 Å². The lowest BCUT2D eigenvalue weighted by Crippen LogP contribution is -2.00. The molecule has 0 aliphatic carbocycles. The van der Waals surface area contributed by atoms with Crippen molar-refractivity contribution < 1.29 is 9.90 Å².